The number of benzene rings is 4. The van der Waals surface area contributed by atoms with Gasteiger partial charge in [-0.1, -0.05) is 30.7 Å². The highest BCUT2D eigenvalue weighted by molar-refractivity contribution is 6.13. The van der Waals surface area contributed by atoms with Crippen LogP contribution in [0.15, 0.2) is 107 Å². The van der Waals surface area contributed by atoms with Crippen LogP contribution < -0.4 is 29.0 Å². The average Bonchev–Trinajstić information content (AvgIpc) is 4.54. The molecule has 7 amide bonds. The van der Waals surface area contributed by atoms with E-state index in [1.807, 2.05) is 60.9 Å². The van der Waals surface area contributed by atoms with Gasteiger partial charge in [-0.3, -0.25) is 48.4 Å². The lowest BCUT2D eigenvalue weighted by molar-refractivity contribution is -0.146. The molecule has 0 bridgehead atoms. The number of likely N-dealkylation sites (tertiary alicyclic amines) is 2. The van der Waals surface area contributed by atoms with E-state index in [1.165, 1.54) is 31.3 Å². The Kier molecular flexibility index (Phi) is 16.0. The first-order chi connectivity index (χ1) is 39.9. The van der Waals surface area contributed by atoms with Gasteiger partial charge in [-0.15, -0.1) is 0 Å². The topological polar surface area (TPSA) is 219 Å². The van der Waals surface area contributed by atoms with Crippen molar-refractivity contribution in [2.24, 2.45) is 9.98 Å². The molecule has 0 saturated carbocycles. The minimum atomic E-state index is -0.672. The fourth-order valence-electron chi connectivity index (χ4n) is 11.7. The molecule has 0 radical (unpaired) electrons. The molecule has 7 aliphatic heterocycles. The summed E-state index contributed by atoms with van der Waals surface area (Å²) in [5.41, 5.74) is 6.10. The van der Waals surface area contributed by atoms with E-state index in [0.717, 1.165) is 28.0 Å². The molecule has 1 N–H and O–H groups in total. The van der Waals surface area contributed by atoms with Crippen LogP contribution in [0.5, 0.6) is 28.7 Å². The van der Waals surface area contributed by atoms with E-state index in [2.05, 4.69) is 5.32 Å². The van der Waals surface area contributed by atoms with Crippen LogP contribution in [0.1, 0.15) is 102 Å². The number of aliphatic imine (C=N–C) groups is 2. The third kappa shape index (κ3) is 11.2. The summed E-state index contributed by atoms with van der Waals surface area (Å²) in [7, 11) is 4.67. The van der Waals surface area contributed by atoms with Crippen molar-refractivity contribution in [2.75, 3.05) is 59.5 Å². The fraction of sp³-hybridized carbons (Fsp3) is 0.371. The molecular formula is C62H64N8O12. The van der Waals surface area contributed by atoms with Gasteiger partial charge in [-0.25, -0.2) is 0 Å². The molecule has 20 nitrogen and oxygen atoms in total. The first kappa shape index (κ1) is 54.9. The predicted octanol–water partition coefficient (Wildman–Crippen LogP) is 7.91. The minimum Gasteiger partial charge on any atom is -0.497 e. The van der Waals surface area contributed by atoms with E-state index in [-0.39, 0.29) is 73.1 Å². The lowest BCUT2D eigenvalue weighted by Crippen LogP contribution is -2.51. The van der Waals surface area contributed by atoms with Crippen molar-refractivity contribution >= 4 is 82.0 Å². The summed E-state index contributed by atoms with van der Waals surface area (Å²) in [5, 5.41) is 3.00. The summed E-state index contributed by atoms with van der Waals surface area (Å²) in [6.45, 7) is 1.73. The summed E-state index contributed by atoms with van der Waals surface area (Å²) in [6, 6.07) is 20.0. The van der Waals surface area contributed by atoms with Gasteiger partial charge in [0.1, 0.15) is 17.8 Å². The maximum absolute atomic E-state index is 14.2. The molecule has 82 heavy (non-hydrogen) atoms. The Hall–Kier alpha value is -9.07. The van der Waals surface area contributed by atoms with Crippen molar-refractivity contribution in [3.63, 3.8) is 0 Å². The summed E-state index contributed by atoms with van der Waals surface area (Å²) < 4.78 is 29.0. The Balaban J connectivity index is 0.657. The number of hydrogen-bond acceptors (Lipinski definition) is 14. The number of fused-ring (bicyclic) bond motifs is 4. The van der Waals surface area contributed by atoms with Gasteiger partial charge in [-0.2, -0.15) is 0 Å². The van der Waals surface area contributed by atoms with E-state index >= 15 is 0 Å². The molecule has 4 atom stereocenters. The minimum absolute atomic E-state index is 0.105. The van der Waals surface area contributed by atoms with Gasteiger partial charge in [0.15, 0.2) is 23.0 Å². The van der Waals surface area contributed by atoms with Gasteiger partial charge in [0, 0.05) is 100 Å². The van der Waals surface area contributed by atoms with Crippen LogP contribution in [-0.4, -0.2) is 157 Å². The number of nitrogens with one attached hydrogen (secondary N) is 1. The molecule has 424 valence electrons. The number of imide groups is 1. The van der Waals surface area contributed by atoms with E-state index in [0.29, 0.717) is 135 Å². The molecule has 0 aromatic heterocycles. The Morgan fingerprint density at radius 2 is 1.13 bits per heavy atom. The number of carbonyl (C=O) groups is 7. The summed E-state index contributed by atoms with van der Waals surface area (Å²) in [4.78, 5) is 110. The lowest BCUT2D eigenvalue weighted by atomic mass is 10.0. The molecule has 4 aromatic carbocycles. The third-order valence-corrected chi connectivity index (χ3v) is 16.1. The second-order valence-electron chi connectivity index (χ2n) is 21.1. The van der Waals surface area contributed by atoms with E-state index < -0.39 is 12.1 Å². The largest absolute Gasteiger partial charge is 0.497 e. The first-order valence-corrected chi connectivity index (χ1v) is 27.9. The average molecular weight is 1110 g/mol. The Labute approximate surface area is 474 Å². The summed E-state index contributed by atoms with van der Waals surface area (Å²) in [5.74, 6) is 0.732. The zero-order chi connectivity index (χ0) is 57.0. The summed E-state index contributed by atoms with van der Waals surface area (Å²) in [6.07, 6.45) is 15.9. The Morgan fingerprint density at radius 1 is 0.598 bits per heavy atom. The van der Waals surface area contributed by atoms with Crippen molar-refractivity contribution in [2.45, 2.75) is 94.8 Å². The SMILES string of the molecule is COc1ccc(C2=CN3C(=O)c4cc(OC)c(OCCCOc5cc6c(cc5OC)C(=O)N5C=C(c7ccc(NC(=O)[C@@H]8CCCN8C(=O)[C@@H]8CCCN8C(=O)CCCCCN8C(=O)C=CC8=O)cc7)C[C@H]5C=N6)cc4N=C[C@@H]3C2)cc1. The van der Waals surface area contributed by atoms with Crippen molar-refractivity contribution in [1.29, 1.82) is 0 Å². The number of amides is 7. The van der Waals surface area contributed by atoms with Crippen molar-refractivity contribution in [1.82, 2.24) is 24.5 Å². The molecule has 4 aromatic rings. The monoisotopic (exact) mass is 1110 g/mol. The van der Waals surface area contributed by atoms with Gasteiger partial charge >= 0.3 is 0 Å². The van der Waals surface area contributed by atoms with Crippen molar-refractivity contribution < 1.29 is 57.2 Å². The molecule has 0 aliphatic carbocycles. The van der Waals surface area contributed by atoms with E-state index in [9.17, 15) is 33.6 Å². The number of carbonyl (C=O) groups excluding carboxylic acids is 7. The van der Waals surface area contributed by atoms with Gasteiger partial charge in [0.2, 0.25) is 17.7 Å². The fourth-order valence-corrected chi connectivity index (χ4v) is 11.7. The quantitative estimate of drug-likeness (QED) is 0.0660. The zero-order valence-corrected chi connectivity index (χ0v) is 46.0. The van der Waals surface area contributed by atoms with Crippen LogP contribution in [0, 0.1) is 0 Å². The molecule has 11 rings (SSSR count). The normalized spacial score (nSPS) is 20.5. The molecule has 7 heterocycles. The highest BCUT2D eigenvalue weighted by Crippen LogP contribution is 2.42. The number of nitrogens with zero attached hydrogens (tertiary/aromatic N) is 7. The number of hydrogen-bond donors (Lipinski definition) is 1. The third-order valence-electron chi connectivity index (χ3n) is 16.1. The summed E-state index contributed by atoms with van der Waals surface area (Å²) >= 11 is 0. The first-order valence-electron chi connectivity index (χ1n) is 27.9. The van der Waals surface area contributed by atoms with Crippen LogP contribution in [0.4, 0.5) is 17.1 Å². The van der Waals surface area contributed by atoms with Crippen LogP contribution in [-0.2, 0) is 24.0 Å². The maximum Gasteiger partial charge on any atom is 0.260 e. The Bertz CT molecular complexity index is 3350. The van der Waals surface area contributed by atoms with Crippen molar-refractivity contribution in [3.05, 3.63) is 120 Å². The van der Waals surface area contributed by atoms with Gasteiger partial charge in [-0.05, 0) is 97.2 Å². The molecule has 0 spiro atoms. The highest BCUT2D eigenvalue weighted by Gasteiger charge is 2.42. The second kappa shape index (κ2) is 23.9. The van der Waals surface area contributed by atoms with Crippen LogP contribution in [0.3, 0.4) is 0 Å². The predicted molar refractivity (Wildman–Crippen MR) is 305 cm³/mol. The maximum atomic E-state index is 14.2. The van der Waals surface area contributed by atoms with Gasteiger partial charge in [0.25, 0.3) is 23.6 Å². The smallest absolute Gasteiger partial charge is 0.260 e. The van der Waals surface area contributed by atoms with Gasteiger partial charge in [0.05, 0.1) is 69.1 Å². The van der Waals surface area contributed by atoms with Crippen LogP contribution in [0.2, 0.25) is 0 Å². The molecule has 0 unspecified atom stereocenters. The Morgan fingerprint density at radius 3 is 1.68 bits per heavy atom. The van der Waals surface area contributed by atoms with Gasteiger partial charge < -0.3 is 48.6 Å². The zero-order valence-electron chi connectivity index (χ0n) is 46.0. The molecule has 2 saturated heterocycles. The van der Waals surface area contributed by atoms with Crippen molar-refractivity contribution in [3.8, 4) is 28.7 Å². The standard InChI is InChI=1S/C62H64N8O12/c1-78-45-19-15-39(16-20-45)41-29-44-35-64-49-33-55(53(80-3)31-47(49)61(76)70(44)37-41)82-27-9-26-81-54-32-48-46(30-52(54)79-2)60(75)69-36-40(28-43(69)34-63-48)38-13-17-42(18-14-38)65-59(74)50-10-7-25-67(50)62(77)51-11-8-24-66(51)56(71)12-5-4-6-23-68-57(72)21-22-58(68)73/h13-22,30-37,43-44,50-51H,4-12,23-29H2,1-3H3,(H,65,74)/t43-,44-,50-,51-/m0/s1. The van der Waals surface area contributed by atoms with Crippen LogP contribution in [0.25, 0.3) is 11.1 Å². The lowest BCUT2D eigenvalue weighted by Gasteiger charge is -2.31. The molecule has 20 heteroatoms. The molecule has 2 fully saturated rings. The van der Waals surface area contributed by atoms with E-state index in [1.54, 1.807) is 63.4 Å². The number of unbranched alkanes of at least 4 members (excludes halogenated alkanes) is 2. The number of anilines is 1. The van der Waals surface area contributed by atoms with Crippen LogP contribution >= 0.6 is 0 Å². The molecule has 7 aliphatic rings. The molecular weight excluding hydrogens is 1050 g/mol. The number of rotatable bonds is 20. The second-order valence-corrected chi connectivity index (χ2v) is 21.1. The number of methoxy groups -OCH3 is 3. The highest BCUT2D eigenvalue weighted by atomic mass is 16.5. The van der Waals surface area contributed by atoms with E-state index in [4.69, 9.17) is 33.7 Å². The number of ether oxygens (including phenoxy) is 5.